The molecule has 0 aromatic heterocycles. The van der Waals surface area contributed by atoms with Gasteiger partial charge < -0.3 is 0 Å². The molecule has 0 aromatic rings. The van der Waals surface area contributed by atoms with Crippen LogP contribution in [0.3, 0.4) is 0 Å². The lowest BCUT2D eigenvalue weighted by Crippen LogP contribution is -2.52. The molecule has 17 heavy (non-hydrogen) atoms. The number of carbonyl (C=O) groups is 1. The fourth-order valence-corrected chi connectivity index (χ4v) is 3.07. The van der Waals surface area contributed by atoms with E-state index in [0.717, 1.165) is 18.9 Å². The first-order chi connectivity index (χ1) is 7.68. The van der Waals surface area contributed by atoms with Gasteiger partial charge in [-0.1, -0.05) is 20.8 Å². The van der Waals surface area contributed by atoms with Crippen LogP contribution >= 0.6 is 0 Å². The third-order valence-electron chi connectivity index (χ3n) is 4.83. The highest BCUT2D eigenvalue weighted by molar-refractivity contribution is 5.90. The van der Waals surface area contributed by atoms with Gasteiger partial charge in [-0.15, -0.1) is 0 Å². The Morgan fingerprint density at radius 3 is 2.29 bits per heavy atom. The number of carbonyl (C=O) groups excluding carboxylic acids is 1. The maximum atomic E-state index is 12.8. The lowest BCUT2D eigenvalue weighted by molar-refractivity contribution is -0.134. The Labute approximate surface area is 106 Å². The third-order valence-corrected chi connectivity index (χ3v) is 4.83. The maximum Gasteiger partial charge on any atom is 0.155 e. The number of nitrogens with zero attached hydrogens (tertiary/aromatic N) is 1. The highest BCUT2D eigenvalue weighted by Gasteiger charge is 2.58. The molecule has 3 atom stereocenters. The molecule has 2 aliphatic rings. The van der Waals surface area contributed by atoms with Crippen LogP contribution in [0.5, 0.6) is 0 Å². The van der Waals surface area contributed by atoms with E-state index in [1.54, 1.807) is 0 Å². The fraction of sp³-hybridized carbons (Fsp3) is 0.933. The zero-order valence-electron chi connectivity index (χ0n) is 12.2. The molecule has 2 rings (SSSR count). The minimum Gasteiger partial charge on any atom is -0.297 e. The minimum atomic E-state index is -0.161. The largest absolute Gasteiger partial charge is 0.297 e. The smallest absolute Gasteiger partial charge is 0.155 e. The predicted octanol–water partition coefficient (Wildman–Crippen LogP) is 3.11. The van der Waals surface area contributed by atoms with Crippen molar-refractivity contribution in [3.8, 4) is 0 Å². The van der Waals surface area contributed by atoms with Gasteiger partial charge in [-0.3, -0.25) is 9.69 Å². The van der Waals surface area contributed by atoms with E-state index in [-0.39, 0.29) is 17.0 Å². The second kappa shape index (κ2) is 3.81. The Bertz CT molecular complexity index is 326. The molecule has 0 bridgehead atoms. The Kier molecular flexibility index (Phi) is 2.93. The van der Waals surface area contributed by atoms with E-state index >= 15 is 0 Å². The van der Waals surface area contributed by atoms with Crippen LogP contribution in [0.25, 0.3) is 0 Å². The third kappa shape index (κ3) is 2.16. The molecule has 0 aromatic carbocycles. The second-order valence-electron chi connectivity index (χ2n) is 7.53. The number of fused-ring (bicyclic) bond motifs is 1. The summed E-state index contributed by atoms with van der Waals surface area (Å²) in [4.78, 5) is 15.2. The van der Waals surface area contributed by atoms with Crippen LogP contribution in [-0.2, 0) is 4.79 Å². The molecule has 1 aliphatic carbocycles. The van der Waals surface area contributed by atoms with Crippen LogP contribution in [-0.4, -0.2) is 28.8 Å². The lowest BCUT2D eigenvalue weighted by atomic mass is 9.80. The average molecular weight is 237 g/mol. The van der Waals surface area contributed by atoms with Gasteiger partial charge in [-0.05, 0) is 45.4 Å². The first kappa shape index (κ1) is 13.1. The number of hydrogen-bond donors (Lipinski definition) is 0. The van der Waals surface area contributed by atoms with E-state index in [9.17, 15) is 4.79 Å². The van der Waals surface area contributed by atoms with E-state index in [1.165, 1.54) is 6.42 Å². The molecule has 1 saturated heterocycles. The SMILES string of the molecule is CCC(C)(C)C(=O)[C@@H]1[C@H]2C[C@H]2CN1C(C)(C)C. The lowest BCUT2D eigenvalue weighted by Gasteiger charge is -2.40. The van der Waals surface area contributed by atoms with E-state index in [2.05, 4.69) is 46.4 Å². The van der Waals surface area contributed by atoms with Crippen LogP contribution < -0.4 is 0 Å². The Balaban J connectivity index is 2.21. The van der Waals surface area contributed by atoms with Crippen molar-refractivity contribution in [3.63, 3.8) is 0 Å². The van der Waals surface area contributed by atoms with Crippen LogP contribution in [0.1, 0.15) is 54.4 Å². The number of rotatable bonds is 3. The molecule has 0 N–H and O–H groups in total. The molecular formula is C15H27NO. The van der Waals surface area contributed by atoms with Crippen LogP contribution in [0.2, 0.25) is 0 Å². The van der Waals surface area contributed by atoms with Crippen molar-refractivity contribution in [2.75, 3.05) is 6.54 Å². The summed E-state index contributed by atoms with van der Waals surface area (Å²) in [6.07, 6.45) is 2.22. The quantitative estimate of drug-likeness (QED) is 0.751. The summed E-state index contributed by atoms with van der Waals surface area (Å²) in [5.41, 5.74) is -0.0385. The van der Waals surface area contributed by atoms with Gasteiger partial charge in [0.05, 0.1) is 6.04 Å². The van der Waals surface area contributed by atoms with Gasteiger partial charge in [0.1, 0.15) is 0 Å². The topological polar surface area (TPSA) is 20.3 Å². The number of hydrogen-bond acceptors (Lipinski definition) is 2. The van der Waals surface area contributed by atoms with Gasteiger partial charge in [0.2, 0.25) is 0 Å². The number of Topliss-reactive ketones (excluding diaryl/α,β-unsaturated/α-hetero) is 1. The van der Waals surface area contributed by atoms with Crippen molar-refractivity contribution in [2.45, 2.75) is 66.0 Å². The van der Waals surface area contributed by atoms with Crippen molar-refractivity contribution in [2.24, 2.45) is 17.3 Å². The second-order valence-corrected chi connectivity index (χ2v) is 7.53. The molecule has 2 nitrogen and oxygen atoms in total. The Morgan fingerprint density at radius 2 is 1.82 bits per heavy atom. The summed E-state index contributed by atoms with van der Waals surface area (Å²) in [7, 11) is 0. The molecule has 98 valence electrons. The van der Waals surface area contributed by atoms with Crippen LogP contribution in [0.15, 0.2) is 0 Å². The van der Waals surface area contributed by atoms with E-state index in [0.29, 0.717) is 11.7 Å². The summed E-state index contributed by atoms with van der Waals surface area (Å²) in [5.74, 6) is 1.93. The Morgan fingerprint density at radius 1 is 1.24 bits per heavy atom. The van der Waals surface area contributed by atoms with Crippen molar-refractivity contribution in [1.29, 1.82) is 0 Å². The zero-order chi connectivity index (χ0) is 13.0. The minimum absolute atomic E-state index is 0.123. The normalized spacial score (nSPS) is 33.6. The maximum absolute atomic E-state index is 12.8. The molecule has 0 spiro atoms. The predicted molar refractivity (Wildman–Crippen MR) is 70.9 cm³/mol. The molecule has 1 aliphatic heterocycles. The molecule has 2 fully saturated rings. The van der Waals surface area contributed by atoms with Crippen molar-refractivity contribution in [3.05, 3.63) is 0 Å². The van der Waals surface area contributed by atoms with Gasteiger partial charge in [0.25, 0.3) is 0 Å². The first-order valence-electron chi connectivity index (χ1n) is 6.99. The van der Waals surface area contributed by atoms with Crippen molar-refractivity contribution in [1.82, 2.24) is 4.90 Å². The van der Waals surface area contributed by atoms with Gasteiger partial charge >= 0.3 is 0 Å². The molecule has 0 unspecified atom stereocenters. The number of likely N-dealkylation sites (tertiary alicyclic amines) is 1. The van der Waals surface area contributed by atoms with Gasteiger partial charge in [0, 0.05) is 17.5 Å². The molecular weight excluding hydrogens is 210 g/mol. The van der Waals surface area contributed by atoms with Crippen LogP contribution in [0, 0.1) is 17.3 Å². The summed E-state index contributed by atoms with van der Waals surface area (Å²) < 4.78 is 0. The number of piperidine rings is 1. The van der Waals surface area contributed by atoms with E-state index < -0.39 is 0 Å². The summed E-state index contributed by atoms with van der Waals surface area (Å²) in [6, 6.07) is 0.190. The summed E-state index contributed by atoms with van der Waals surface area (Å²) >= 11 is 0. The van der Waals surface area contributed by atoms with Gasteiger partial charge in [0.15, 0.2) is 5.78 Å². The summed E-state index contributed by atoms with van der Waals surface area (Å²) in [6.45, 7) is 14.2. The Hall–Kier alpha value is -0.370. The molecule has 2 heteroatoms. The van der Waals surface area contributed by atoms with Crippen molar-refractivity contribution >= 4 is 5.78 Å². The monoisotopic (exact) mass is 237 g/mol. The molecule has 0 radical (unpaired) electrons. The highest BCUT2D eigenvalue weighted by Crippen LogP contribution is 2.53. The standard InChI is InChI=1S/C15H27NO/c1-7-15(5,6)13(17)12-11-8-10(11)9-16(12)14(2,3)4/h10-12H,7-9H2,1-6H3/t10-,11-,12-/m0/s1. The van der Waals surface area contributed by atoms with Crippen molar-refractivity contribution < 1.29 is 4.79 Å². The molecule has 0 amide bonds. The molecule has 1 heterocycles. The van der Waals surface area contributed by atoms with Crippen LogP contribution in [0.4, 0.5) is 0 Å². The fourth-order valence-electron chi connectivity index (χ4n) is 3.07. The average Bonchev–Trinajstić information content (AvgIpc) is 2.87. The van der Waals surface area contributed by atoms with E-state index in [1.807, 2.05) is 0 Å². The highest BCUT2D eigenvalue weighted by atomic mass is 16.1. The van der Waals surface area contributed by atoms with Gasteiger partial charge in [-0.25, -0.2) is 0 Å². The van der Waals surface area contributed by atoms with Gasteiger partial charge in [-0.2, -0.15) is 0 Å². The zero-order valence-corrected chi connectivity index (χ0v) is 12.2. The molecule has 1 saturated carbocycles. The summed E-state index contributed by atoms with van der Waals surface area (Å²) in [5, 5.41) is 0. The number of ketones is 1. The first-order valence-corrected chi connectivity index (χ1v) is 6.99. The van der Waals surface area contributed by atoms with E-state index in [4.69, 9.17) is 0 Å².